The highest BCUT2D eigenvalue weighted by molar-refractivity contribution is 6.15. The van der Waals surface area contributed by atoms with E-state index in [1.807, 2.05) is 0 Å². The Bertz CT molecular complexity index is 1040. The summed E-state index contributed by atoms with van der Waals surface area (Å²) in [5, 5.41) is 8.51. The van der Waals surface area contributed by atoms with Crippen LogP contribution in [0.3, 0.4) is 0 Å². The molecule has 0 bridgehead atoms. The zero-order chi connectivity index (χ0) is 14.0. The van der Waals surface area contributed by atoms with Crippen LogP contribution in [0.2, 0.25) is 0 Å². The molecule has 0 amide bonds. The molecule has 1 aliphatic carbocycles. The van der Waals surface area contributed by atoms with Crippen molar-refractivity contribution in [1.29, 1.82) is 0 Å². The third-order valence-corrected chi connectivity index (χ3v) is 4.97. The minimum Gasteiger partial charge on any atom is -0.0614 e. The molecule has 4 aromatic carbocycles. The smallest absolute Gasteiger partial charge is 0.00961 e. The second-order valence-electron chi connectivity index (χ2n) is 6.26. The lowest BCUT2D eigenvalue weighted by Crippen LogP contribution is -1.86. The van der Waals surface area contributed by atoms with Crippen LogP contribution in [-0.2, 0) is 12.8 Å². The Balaban J connectivity index is 2.08. The fourth-order valence-corrected chi connectivity index (χ4v) is 4.00. The van der Waals surface area contributed by atoms with Crippen LogP contribution in [0.25, 0.3) is 32.3 Å². The van der Waals surface area contributed by atoms with E-state index in [1.54, 1.807) is 5.56 Å². The van der Waals surface area contributed by atoms with Crippen LogP contribution >= 0.6 is 0 Å². The first-order valence-corrected chi connectivity index (χ1v) is 7.68. The Morgan fingerprint density at radius 3 is 2.57 bits per heavy atom. The van der Waals surface area contributed by atoms with E-state index in [4.69, 9.17) is 0 Å². The third kappa shape index (κ3) is 1.45. The monoisotopic (exact) mass is 268 g/mol. The summed E-state index contributed by atoms with van der Waals surface area (Å²) in [6.45, 7) is 2.18. The Morgan fingerprint density at radius 2 is 1.62 bits per heavy atom. The summed E-state index contributed by atoms with van der Waals surface area (Å²) in [7, 11) is 0. The van der Waals surface area contributed by atoms with Gasteiger partial charge in [0, 0.05) is 0 Å². The van der Waals surface area contributed by atoms with E-state index < -0.39 is 0 Å². The first-order chi connectivity index (χ1) is 10.3. The van der Waals surface area contributed by atoms with Crippen LogP contribution in [0.4, 0.5) is 0 Å². The summed E-state index contributed by atoms with van der Waals surface area (Å²) in [5.41, 5.74) is 4.41. The standard InChI is InChI=1S/C21H16/c1-13-5-6-14-7-9-17-18-10-8-15-3-2-4-16(21(15)18)12-20(17)19(14)11-13/h2-7,9,11-12H,8,10H2,1H3. The van der Waals surface area contributed by atoms with Crippen LogP contribution in [0, 0.1) is 6.92 Å². The first kappa shape index (κ1) is 11.3. The maximum atomic E-state index is 2.39. The van der Waals surface area contributed by atoms with Crippen molar-refractivity contribution in [3.05, 3.63) is 71.3 Å². The van der Waals surface area contributed by atoms with Crippen molar-refractivity contribution in [2.24, 2.45) is 0 Å². The number of benzene rings is 4. The zero-order valence-corrected chi connectivity index (χ0v) is 12.1. The van der Waals surface area contributed by atoms with E-state index in [0.29, 0.717) is 0 Å². The second kappa shape index (κ2) is 3.85. The van der Waals surface area contributed by atoms with Crippen LogP contribution in [0.5, 0.6) is 0 Å². The molecule has 0 fully saturated rings. The van der Waals surface area contributed by atoms with Gasteiger partial charge in [0.25, 0.3) is 0 Å². The molecule has 0 spiro atoms. The van der Waals surface area contributed by atoms with E-state index in [0.717, 1.165) is 0 Å². The molecule has 0 N–H and O–H groups in total. The first-order valence-electron chi connectivity index (χ1n) is 7.68. The normalized spacial score (nSPS) is 13.6. The average Bonchev–Trinajstić information content (AvgIpc) is 2.93. The number of aryl methyl sites for hydroxylation is 3. The molecule has 0 nitrogen and oxygen atoms in total. The van der Waals surface area contributed by atoms with Gasteiger partial charge in [0.05, 0.1) is 0 Å². The fraction of sp³-hybridized carbons (Fsp3) is 0.143. The fourth-order valence-electron chi connectivity index (χ4n) is 4.00. The maximum Gasteiger partial charge on any atom is -0.00961 e. The van der Waals surface area contributed by atoms with Gasteiger partial charge in [0.15, 0.2) is 0 Å². The highest BCUT2D eigenvalue weighted by Crippen LogP contribution is 2.39. The summed E-state index contributed by atoms with van der Waals surface area (Å²) >= 11 is 0. The number of fused-ring (bicyclic) bond motifs is 4. The van der Waals surface area contributed by atoms with E-state index in [-0.39, 0.29) is 0 Å². The van der Waals surface area contributed by atoms with Crippen molar-refractivity contribution in [2.45, 2.75) is 19.8 Å². The van der Waals surface area contributed by atoms with Crippen molar-refractivity contribution in [1.82, 2.24) is 0 Å². The van der Waals surface area contributed by atoms with E-state index in [9.17, 15) is 0 Å². The van der Waals surface area contributed by atoms with Gasteiger partial charge in [-0.25, -0.2) is 0 Å². The summed E-state index contributed by atoms with van der Waals surface area (Å²) in [6, 6.07) is 20.5. The van der Waals surface area contributed by atoms with Gasteiger partial charge in [0.1, 0.15) is 0 Å². The largest absolute Gasteiger partial charge is 0.0614 e. The molecule has 1 aliphatic rings. The van der Waals surface area contributed by atoms with E-state index >= 15 is 0 Å². The molecule has 0 aliphatic heterocycles. The van der Waals surface area contributed by atoms with Gasteiger partial charge in [-0.1, -0.05) is 54.1 Å². The molecule has 0 unspecified atom stereocenters. The van der Waals surface area contributed by atoms with Crippen molar-refractivity contribution >= 4 is 32.3 Å². The molecule has 5 rings (SSSR count). The van der Waals surface area contributed by atoms with Crippen molar-refractivity contribution in [2.75, 3.05) is 0 Å². The lowest BCUT2D eigenvalue weighted by atomic mass is 9.93. The molecule has 0 aromatic heterocycles. The average molecular weight is 268 g/mol. The molecule has 0 radical (unpaired) electrons. The highest BCUT2D eigenvalue weighted by atomic mass is 14.2. The van der Waals surface area contributed by atoms with Crippen LogP contribution in [0.1, 0.15) is 16.7 Å². The summed E-state index contributed by atoms with van der Waals surface area (Å²) in [4.78, 5) is 0. The third-order valence-electron chi connectivity index (χ3n) is 4.97. The molecular formula is C21H16. The van der Waals surface area contributed by atoms with Crippen molar-refractivity contribution < 1.29 is 0 Å². The highest BCUT2D eigenvalue weighted by Gasteiger charge is 2.17. The van der Waals surface area contributed by atoms with E-state index in [1.165, 1.54) is 56.3 Å². The Labute approximate surface area is 124 Å². The Hall–Kier alpha value is -2.34. The molecule has 0 heterocycles. The molecule has 4 aromatic rings. The minimum atomic E-state index is 1.19. The number of hydrogen-bond donors (Lipinski definition) is 0. The lowest BCUT2D eigenvalue weighted by Gasteiger charge is -2.10. The molecule has 0 saturated heterocycles. The predicted octanol–water partition coefficient (Wildman–Crippen LogP) is 5.55. The predicted molar refractivity (Wildman–Crippen MR) is 91.1 cm³/mol. The van der Waals surface area contributed by atoms with Crippen LogP contribution in [0.15, 0.2) is 54.6 Å². The Kier molecular flexibility index (Phi) is 2.08. The molecule has 0 heteroatoms. The van der Waals surface area contributed by atoms with Crippen molar-refractivity contribution in [3.8, 4) is 0 Å². The lowest BCUT2D eigenvalue weighted by molar-refractivity contribution is 1.03. The molecular weight excluding hydrogens is 252 g/mol. The van der Waals surface area contributed by atoms with Gasteiger partial charge >= 0.3 is 0 Å². The summed E-state index contributed by atoms with van der Waals surface area (Å²) in [6.07, 6.45) is 2.38. The minimum absolute atomic E-state index is 1.19. The topological polar surface area (TPSA) is 0 Å². The molecule has 0 saturated carbocycles. The molecule has 0 atom stereocenters. The van der Waals surface area contributed by atoms with Gasteiger partial charge in [-0.15, -0.1) is 0 Å². The van der Waals surface area contributed by atoms with Gasteiger partial charge < -0.3 is 0 Å². The SMILES string of the molecule is Cc1ccc2ccc3c4c5c(cccc5cc3c2c1)CC4. The number of rotatable bonds is 0. The maximum absolute atomic E-state index is 2.39. The van der Waals surface area contributed by atoms with Crippen LogP contribution in [-0.4, -0.2) is 0 Å². The van der Waals surface area contributed by atoms with Crippen LogP contribution < -0.4 is 0 Å². The van der Waals surface area contributed by atoms with Crippen molar-refractivity contribution in [3.63, 3.8) is 0 Å². The van der Waals surface area contributed by atoms with E-state index in [2.05, 4.69) is 61.5 Å². The van der Waals surface area contributed by atoms with Gasteiger partial charge in [-0.3, -0.25) is 0 Å². The molecule has 21 heavy (non-hydrogen) atoms. The number of hydrogen-bond acceptors (Lipinski definition) is 0. The Morgan fingerprint density at radius 1 is 0.714 bits per heavy atom. The summed E-state index contributed by atoms with van der Waals surface area (Å²) < 4.78 is 0. The van der Waals surface area contributed by atoms with Gasteiger partial charge in [0.2, 0.25) is 0 Å². The quantitative estimate of drug-likeness (QED) is 0.289. The molecule has 100 valence electrons. The van der Waals surface area contributed by atoms with Gasteiger partial charge in [-0.2, -0.15) is 0 Å². The van der Waals surface area contributed by atoms with Gasteiger partial charge in [-0.05, 0) is 69.3 Å². The second-order valence-corrected chi connectivity index (χ2v) is 6.26. The zero-order valence-electron chi connectivity index (χ0n) is 12.1. The summed E-state index contributed by atoms with van der Waals surface area (Å²) in [5.74, 6) is 0.